The second-order valence-electron chi connectivity index (χ2n) is 7.81. The number of imidazole rings is 1. The number of carbonyl (C=O) groups excluding carboxylic acids is 1. The first kappa shape index (κ1) is 20.6. The molecule has 0 aliphatic carbocycles. The van der Waals surface area contributed by atoms with Gasteiger partial charge in [0.1, 0.15) is 11.4 Å². The number of carbonyl (C=O) groups is 1. The Bertz CT molecular complexity index is 1280. The summed E-state index contributed by atoms with van der Waals surface area (Å²) in [4.78, 5) is 16.3. The monoisotopic (exact) mass is 432 g/mol. The number of aromatic nitrogens is 2. The Morgan fingerprint density at radius 2 is 1.24 bits per heavy atom. The van der Waals surface area contributed by atoms with Crippen LogP contribution >= 0.6 is 0 Å². The van der Waals surface area contributed by atoms with Gasteiger partial charge in [0.15, 0.2) is 6.29 Å². The highest BCUT2D eigenvalue weighted by Gasteiger charge is 2.39. The van der Waals surface area contributed by atoms with Crippen LogP contribution in [0.2, 0.25) is 0 Å². The van der Waals surface area contributed by atoms with E-state index in [1.54, 1.807) is 18.6 Å². The molecule has 0 saturated carbocycles. The van der Waals surface area contributed by atoms with Crippen LogP contribution in [0.3, 0.4) is 0 Å². The molecule has 0 fully saturated rings. The van der Waals surface area contributed by atoms with Crippen molar-refractivity contribution < 1.29 is 9.18 Å². The van der Waals surface area contributed by atoms with Crippen LogP contribution in [0.25, 0.3) is 11.3 Å². The molecule has 1 aromatic heterocycles. The third-order valence-electron chi connectivity index (χ3n) is 5.99. The van der Waals surface area contributed by atoms with Crippen LogP contribution in [-0.2, 0) is 5.54 Å². The number of aldehydes is 1. The van der Waals surface area contributed by atoms with E-state index in [0.29, 0.717) is 17.5 Å². The molecule has 0 saturated heterocycles. The van der Waals surface area contributed by atoms with Gasteiger partial charge in [0.2, 0.25) is 0 Å². The second-order valence-corrected chi connectivity index (χ2v) is 7.81. The lowest BCUT2D eigenvalue weighted by Gasteiger charge is -2.38. The van der Waals surface area contributed by atoms with Crippen molar-refractivity contribution in [3.05, 3.63) is 150 Å². The van der Waals surface area contributed by atoms with Crippen LogP contribution in [0.4, 0.5) is 4.39 Å². The summed E-state index contributed by atoms with van der Waals surface area (Å²) in [6.45, 7) is 0. The number of nitrogens with zero attached hydrogens (tertiary/aromatic N) is 2. The summed E-state index contributed by atoms with van der Waals surface area (Å²) >= 11 is 0. The molecule has 5 aromatic rings. The molecule has 0 bridgehead atoms. The van der Waals surface area contributed by atoms with Crippen LogP contribution < -0.4 is 0 Å². The molecular weight excluding hydrogens is 411 g/mol. The van der Waals surface area contributed by atoms with E-state index in [1.165, 1.54) is 12.1 Å². The van der Waals surface area contributed by atoms with Gasteiger partial charge >= 0.3 is 0 Å². The maximum atomic E-state index is 13.9. The molecule has 33 heavy (non-hydrogen) atoms. The molecule has 4 aromatic carbocycles. The molecule has 4 heteroatoms. The van der Waals surface area contributed by atoms with E-state index < -0.39 is 11.4 Å². The van der Waals surface area contributed by atoms with Gasteiger partial charge in [0.05, 0.1) is 18.2 Å². The Kier molecular flexibility index (Phi) is 5.41. The third-order valence-corrected chi connectivity index (χ3v) is 5.99. The lowest BCUT2D eigenvalue weighted by Crippen LogP contribution is -2.37. The van der Waals surface area contributed by atoms with Gasteiger partial charge in [0, 0.05) is 11.1 Å². The number of halogens is 1. The molecule has 0 radical (unpaired) electrons. The third kappa shape index (κ3) is 3.46. The molecule has 0 unspecified atom stereocenters. The zero-order valence-corrected chi connectivity index (χ0v) is 17.8. The van der Waals surface area contributed by atoms with Gasteiger partial charge in [-0.05, 0) is 34.9 Å². The van der Waals surface area contributed by atoms with E-state index in [9.17, 15) is 9.18 Å². The van der Waals surface area contributed by atoms with Gasteiger partial charge in [0.25, 0.3) is 0 Å². The zero-order chi connectivity index (χ0) is 22.7. The summed E-state index contributed by atoms with van der Waals surface area (Å²) in [6, 6.07) is 34.9. The lowest BCUT2D eigenvalue weighted by atomic mass is 9.76. The van der Waals surface area contributed by atoms with Crippen molar-refractivity contribution in [3.8, 4) is 11.3 Å². The van der Waals surface area contributed by atoms with Gasteiger partial charge in [-0.15, -0.1) is 0 Å². The molecule has 0 aliphatic rings. The highest BCUT2D eigenvalue weighted by atomic mass is 19.1. The SMILES string of the molecule is O=Cc1cc(F)ccc1-c1cncn1C(c1ccccc1)(c1ccccc1)c1ccccc1. The Labute approximate surface area is 191 Å². The fourth-order valence-corrected chi connectivity index (χ4v) is 4.58. The molecule has 160 valence electrons. The van der Waals surface area contributed by atoms with Crippen molar-refractivity contribution in [2.24, 2.45) is 0 Å². The van der Waals surface area contributed by atoms with Crippen molar-refractivity contribution in [2.45, 2.75) is 5.54 Å². The average molecular weight is 432 g/mol. The Balaban J connectivity index is 1.91. The normalized spacial score (nSPS) is 11.3. The molecular formula is C29H21FN2O. The van der Waals surface area contributed by atoms with E-state index in [-0.39, 0.29) is 5.56 Å². The molecule has 3 nitrogen and oxygen atoms in total. The maximum Gasteiger partial charge on any atom is 0.150 e. The van der Waals surface area contributed by atoms with Gasteiger partial charge in [-0.25, -0.2) is 9.37 Å². The summed E-state index contributed by atoms with van der Waals surface area (Å²) in [5.41, 5.74) is 3.96. The smallest absolute Gasteiger partial charge is 0.150 e. The van der Waals surface area contributed by atoms with E-state index in [0.717, 1.165) is 16.7 Å². The van der Waals surface area contributed by atoms with Gasteiger partial charge in [-0.1, -0.05) is 91.0 Å². The highest BCUT2D eigenvalue weighted by molar-refractivity contribution is 5.86. The van der Waals surface area contributed by atoms with Crippen molar-refractivity contribution >= 4 is 6.29 Å². The minimum atomic E-state index is -0.774. The summed E-state index contributed by atoms with van der Waals surface area (Å²) < 4.78 is 16.0. The van der Waals surface area contributed by atoms with Crippen molar-refractivity contribution in [1.82, 2.24) is 9.55 Å². The fraction of sp³-hybridized carbons (Fsp3) is 0.0345. The number of hydrogen-bond acceptors (Lipinski definition) is 2. The molecule has 5 rings (SSSR count). The average Bonchev–Trinajstić information content (AvgIpc) is 3.36. The zero-order valence-electron chi connectivity index (χ0n) is 17.8. The Morgan fingerprint density at radius 1 is 0.727 bits per heavy atom. The lowest BCUT2D eigenvalue weighted by molar-refractivity contribution is 0.112. The second kappa shape index (κ2) is 8.67. The summed E-state index contributed by atoms with van der Waals surface area (Å²) in [6.07, 6.45) is 4.19. The number of hydrogen-bond donors (Lipinski definition) is 0. The molecule has 0 N–H and O–H groups in total. The maximum absolute atomic E-state index is 13.9. The topological polar surface area (TPSA) is 34.9 Å². The number of benzene rings is 4. The first-order valence-corrected chi connectivity index (χ1v) is 10.7. The molecule has 0 aliphatic heterocycles. The van der Waals surface area contributed by atoms with Gasteiger partial charge < -0.3 is 4.57 Å². The summed E-state index contributed by atoms with van der Waals surface area (Å²) in [5.74, 6) is -0.452. The highest BCUT2D eigenvalue weighted by Crippen LogP contribution is 2.43. The largest absolute Gasteiger partial charge is 0.312 e. The van der Waals surface area contributed by atoms with E-state index >= 15 is 0 Å². The summed E-state index contributed by atoms with van der Waals surface area (Å²) in [5, 5.41) is 0. The summed E-state index contributed by atoms with van der Waals surface area (Å²) in [7, 11) is 0. The van der Waals surface area contributed by atoms with Gasteiger partial charge in [-0.3, -0.25) is 4.79 Å². The van der Waals surface area contributed by atoms with Crippen molar-refractivity contribution in [2.75, 3.05) is 0 Å². The Morgan fingerprint density at radius 3 is 1.73 bits per heavy atom. The quantitative estimate of drug-likeness (QED) is 0.232. The van der Waals surface area contributed by atoms with Crippen LogP contribution in [0, 0.1) is 5.82 Å². The van der Waals surface area contributed by atoms with Crippen molar-refractivity contribution in [3.63, 3.8) is 0 Å². The minimum Gasteiger partial charge on any atom is -0.312 e. The minimum absolute atomic E-state index is 0.278. The predicted octanol–water partition coefficient (Wildman–Crippen LogP) is 6.34. The first-order valence-electron chi connectivity index (χ1n) is 10.7. The van der Waals surface area contributed by atoms with Crippen LogP contribution in [0.1, 0.15) is 27.0 Å². The molecule has 0 atom stereocenters. The molecule has 0 amide bonds. The van der Waals surface area contributed by atoms with Crippen LogP contribution in [0.5, 0.6) is 0 Å². The molecule has 0 spiro atoms. The Hall–Kier alpha value is -4.31. The van der Waals surface area contributed by atoms with E-state index in [2.05, 4.69) is 45.9 Å². The van der Waals surface area contributed by atoms with Crippen LogP contribution in [-0.4, -0.2) is 15.8 Å². The first-order chi connectivity index (χ1) is 16.2. The standard InChI is InChI=1S/C29H21FN2O/c30-26-16-17-27(22(18-26)20-33)28-19-31-21-32(28)29(23-10-4-1-5-11-23,24-12-6-2-7-13-24)25-14-8-3-9-15-25/h1-21H. The van der Waals surface area contributed by atoms with Crippen molar-refractivity contribution in [1.29, 1.82) is 0 Å². The predicted molar refractivity (Wildman–Crippen MR) is 128 cm³/mol. The van der Waals surface area contributed by atoms with Gasteiger partial charge in [-0.2, -0.15) is 0 Å². The number of rotatable bonds is 6. The van der Waals surface area contributed by atoms with Crippen LogP contribution in [0.15, 0.2) is 122 Å². The van der Waals surface area contributed by atoms with E-state index in [1.807, 2.05) is 54.6 Å². The van der Waals surface area contributed by atoms with E-state index in [4.69, 9.17) is 0 Å². The fourth-order valence-electron chi connectivity index (χ4n) is 4.58. The molecule has 1 heterocycles.